The van der Waals surface area contributed by atoms with Gasteiger partial charge in [-0.05, 0) is 19.1 Å². The van der Waals surface area contributed by atoms with Gasteiger partial charge in [-0.2, -0.15) is 4.72 Å². The number of ether oxygens (including phenoxy) is 1. The lowest BCUT2D eigenvalue weighted by molar-refractivity contribution is -0.138. The van der Waals surface area contributed by atoms with Crippen LogP contribution in [0.25, 0.3) is 0 Å². The lowest BCUT2D eigenvalue weighted by Gasteiger charge is -2.11. The molecule has 0 aliphatic carbocycles. The van der Waals surface area contributed by atoms with Gasteiger partial charge in [0.2, 0.25) is 10.0 Å². The van der Waals surface area contributed by atoms with Crippen LogP contribution in [-0.2, 0) is 14.8 Å². The van der Waals surface area contributed by atoms with Crippen molar-refractivity contribution in [2.75, 3.05) is 7.11 Å². The molecular formula is C10H12FNO5S. The third kappa shape index (κ3) is 3.17. The Kier molecular flexibility index (Phi) is 4.25. The lowest BCUT2D eigenvalue weighted by atomic mass is 10.3. The number of nitrogens with one attached hydrogen (secondary N) is 1. The van der Waals surface area contributed by atoms with E-state index in [4.69, 9.17) is 9.84 Å². The van der Waals surface area contributed by atoms with Crippen molar-refractivity contribution in [1.29, 1.82) is 0 Å². The summed E-state index contributed by atoms with van der Waals surface area (Å²) in [5.41, 5.74) is 0. The summed E-state index contributed by atoms with van der Waals surface area (Å²) < 4.78 is 43.5. The van der Waals surface area contributed by atoms with E-state index in [0.717, 1.165) is 19.1 Å². The molecule has 0 aliphatic rings. The van der Waals surface area contributed by atoms with Gasteiger partial charge in [-0.15, -0.1) is 0 Å². The fraction of sp³-hybridized carbons (Fsp3) is 0.300. The first kappa shape index (κ1) is 14.4. The average molecular weight is 277 g/mol. The first-order chi connectivity index (χ1) is 8.27. The number of carbonyl (C=O) groups is 1. The molecule has 1 aromatic rings. The van der Waals surface area contributed by atoms with Gasteiger partial charge in [0.25, 0.3) is 0 Å². The van der Waals surface area contributed by atoms with Crippen molar-refractivity contribution in [1.82, 2.24) is 4.72 Å². The van der Waals surface area contributed by atoms with Crippen molar-refractivity contribution in [3.63, 3.8) is 0 Å². The Morgan fingerprint density at radius 2 is 2.11 bits per heavy atom. The molecule has 0 aliphatic heterocycles. The van der Waals surface area contributed by atoms with E-state index in [1.807, 2.05) is 4.72 Å². The van der Waals surface area contributed by atoms with Crippen LogP contribution in [0.15, 0.2) is 23.1 Å². The van der Waals surface area contributed by atoms with Crippen LogP contribution in [0.4, 0.5) is 4.39 Å². The second-order valence-electron chi connectivity index (χ2n) is 3.48. The Hall–Kier alpha value is -1.67. The van der Waals surface area contributed by atoms with Crippen LogP contribution in [0.3, 0.4) is 0 Å². The standard InChI is InChI=1S/C10H12FNO5S/c1-6(10(13)14)12-18(15,16)9-4-3-7(17-2)5-8(9)11/h3-6,12H,1-2H3,(H,13,14)/t6-/m1/s1. The van der Waals surface area contributed by atoms with E-state index in [9.17, 15) is 17.6 Å². The number of aliphatic carboxylic acids is 1. The maximum absolute atomic E-state index is 13.5. The highest BCUT2D eigenvalue weighted by Crippen LogP contribution is 2.20. The highest BCUT2D eigenvalue weighted by molar-refractivity contribution is 7.89. The third-order valence-corrected chi connectivity index (χ3v) is 3.70. The minimum absolute atomic E-state index is 0.165. The highest BCUT2D eigenvalue weighted by Gasteiger charge is 2.24. The van der Waals surface area contributed by atoms with E-state index in [2.05, 4.69) is 0 Å². The molecule has 8 heteroatoms. The number of carboxylic acid groups (broad SMARTS) is 1. The van der Waals surface area contributed by atoms with Crippen molar-refractivity contribution in [3.8, 4) is 5.75 Å². The van der Waals surface area contributed by atoms with Crippen LogP contribution >= 0.6 is 0 Å². The van der Waals surface area contributed by atoms with E-state index in [1.54, 1.807) is 0 Å². The number of rotatable bonds is 5. The van der Waals surface area contributed by atoms with Crippen LogP contribution in [0, 0.1) is 5.82 Å². The van der Waals surface area contributed by atoms with E-state index in [0.29, 0.717) is 0 Å². The van der Waals surface area contributed by atoms with Gasteiger partial charge in [0.05, 0.1) is 7.11 Å². The molecule has 100 valence electrons. The summed E-state index contributed by atoms with van der Waals surface area (Å²) in [6.07, 6.45) is 0. The van der Waals surface area contributed by atoms with Crippen molar-refractivity contribution < 1.29 is 27.4 Å². The molecule has 2 N–H and O–H groups in total. The maximum Gasteiger partial charge on any atom is 0.321 e. The molecule has 0 fully saturated rings. The Morgan fingerprint density at radius 3 is 2.56 bits per heavy atom. The molecule has 1 atom stereocenters. The molecule has 0 saturated carbocycles. The van der Waals surface area contributed by atoms with E-state index in [1.165, 1.54) is 13.2 Å². The predicted molar refractivity (Wildman–Crippen MR) is 60.4 cm³/mol. The normalized spacial score (nSPS) is 13.1. The quantitative estimate of drug-likeness (QED) is 0.821. The Bertz CT molecular complexity index is 557. The Morgan fingerprint density at radius 1 is 1.50 bits per heavy atom. The number of methoxy groups -OCH3 is 1. The van der Waals surface area contributed by atoms with Gasteiger partial charge in [0.1, 0.15) is 22.5 Å². The fourth-order valence-electron chi connectivity index (χ4n) is 1.17. The van der Waals surface area contributed by atoms with Crippen LogP contribution in [0.2, 0.25) is 0 Å². The van der Waals surface area contributed by atoms with Crippen LogP contribution in [0.1, 0.15) is 6.92 Å². The van der Waals surface area contributed by atoms with Crippen LogP contribution < -0.4 is 9.46 Å². The van der Waals surface area contributed by atoms with Crippen molar-refractivity contribution in [2.24, 2.45) is 0 Å². The van der Waals surface area contributed by atoms with Crippen molar-refractivity contribution in [2.45, 2.75) is 17.9 Å². The van der Waals surface area contributed by atoms with Gasteiger partial charge in [0, 0.05) is 6.07 Å². The second kappa shape index (κ2) is 5.32. The number of carboxylic acids is 1. The minimum atomic E-state index is -4.22. The molecule has 0 amide bonds. The van der Waals surface area contributed by atoms with E-state index < -0.39 is 32.7 Å². The Labute approximate surface area is 103 Å². The summed E-state index contributed by atoms with van der Waals surface area (Å²) >= 11 is 0. The lowest BCUT2D eigenvalue weighted by Crippen LogP contribution is -2.38. The number of sulfonamides is 1. The van der Waals surface area contributed by atoms with Gasteiger partial charge in [-0.25, -0.2) is 12.8 Å². The number of hydrogen-bond acceptors (Lipinski definition) is 4. The molecule has 0 spiro atoms. The van der Waals surface area contributed by atoms with Crippen LogP contribution in [-0.4, -0.2) is 32.6 Å². The number of halogens is 1. The second-order valence-corrected chi connectivity index (χ2v) is 5.16. The molecular weight excluding hydrogens is 265 g/mol. The predicted octanol–water partition coefficient (Wildman–Crippen LogP) is 0.586. The smallest absolute Gasteiger partial charge is 0.321 e. The molecule has 0 unspecified atom stereocenters. The van der Waals surface area contributed by atoms with Gasteiger partial charge in [-0.3, -0.25) is 4.79 Å². The van der Waals surface area contributed by atoms with Gasteiger partial charge in [0.15, 0.2) is 0 Å². The molecule has 0 aromatic heterocycles. The van der Waals surface area contributed by atoms with Gasteiger partial charge in [-0.1, -0.05) is 0 Å². The third-order valence-electron chi connectivity index (χ3n) is 2.13. The molecule has 0 saturated heterocycles. The largest absolute Gasteiger partial charge is 0.497 e. The van der Waals surface area contributed by atoms with Crippen molar-refractivity contribution >= 4 is 16.0 Å². The molecule has 18 heavy (non-hydrogen) atoms. The van der Waals surface area contributed by atoms with E-state index in [-0.39, 0.29) is 5.75 Å². The zero-order valence-electron chi connectivity index (χ0n) is 9.68. The topological polar surface area (TPSA) is 92.7 Å². The average Bonchev–Trinajstić information content (AvgIpc) is 2.27. The molecule has 0 radical (unpaired) electrons. The molecule has 0 heterocycles. The summed E-state index contributed by atoms with van der Waals surface area (Å²) in [7, 11) is -2.91. The van der Waals surface area contributed by atoms with Gasteiger partial charge >= 0.3 is 5.97 Å². The van der Waals surface area contributed by atoms with Crippen LogP contribution in [0.5, 0.6) is 5.75 Å². The first-order valence-corrected chi connectivity index (χ1v) is 6.35. The molecule has 1 rings (SSSR count). The summed E-state index contributed by atoms with van der Waals surface area (Å²) in [4.78, 5) is 9.92. The fourth-order valence-corrected chi connectivity index (χ4v) is 2.43. The minimum Gasteiger partial charge on any atom is -0.497 e. The Balaban J connectivity index is 3.09. The highest BCUT2D eigenvalue weighted by atomic mass is 32.2. The van der Waals surface area contributed by atoms with E-state index >= 15 is 0 Å². The maximum atomic E-state index is 13.5. The molecule has 1 aromatic carbocycles. The van der Waals surface area contributed by atoms with Crippen molar-refractivity contribution in [3.05, 3.63) is 24.0 Å². The zero-order valence-corrected chi connectivity index (χ0v) is 10.5. The summed E-state index contributed by atoms with van der Waals surface area (Å²) in [6, 6.07) is 1.82. The number of hydrogen-bond donors (Lipinski definition) is 2. The SMILES string of the molecule is COc1ccc(S(=O)(=O)N[C@H](C)C(=O)O)c(F)c1. The monoisotopic (exact) mass is 277 g/mol. The summed E-state index contributed by atoms with van der Waals surface area (Å²) in [6.45, 7) is 1.14. The first-order valence-electron chi connectivity index (χ1n) is 4.86. The van der Waals surface area contributed by atoms with Gasteiger partial charge < -0.3 is 9.84 Å². The summed E-state index contributed by atoms with van der Waals surface area (Å²) in [5.74, 6) is -2.20. The zero-order chi connectivity index (χ0) is 13.9. The molecule has 6 nitrogen and oxygen atoms in total. The molecule has 0 bridgehead atoms. The number of benzene rings is 1. The summed E-state index contributed by atoms with van der Waals surface area (Å²) in [5, 5.41) is 8.60.